The standard InChI is InChI=1S/C51H34N4O/c1-3-15-33(16-4-1)49-52-50(34-17-5-2-6-18-34)54-51(53-49)37-21-11-19-35(31-37)36-20-12-22-38(32-36)55-44-28-9-7-23-39(44)41-26-13-27-42(48(41)55)40-25-14-30-46-47(40)43-24-8-10-29-45(43)56-46/h1-13,15-24,26-32H,14,25H2. The first kappa shape index (κ1) is 32.1. The van der Waals surface area contributed by atoms with E-state index in [9.17, 15) is 0 Å². The highest BCUT2D eigenvalue weighted by molar-refractivity contribution is 6.12. The molecule has 10 aromatic rings. The van der Waals surface area contributed by atoms with Crippen LogP contribution in [0.25, 0.3) is 95.4 Å². The van der Waals surface area contributed by atoms with E-state index in [2.05, 4.69) is 120 Å². The molecule has 0 amide bonds. The van der Waals surface area contributed by atoms with Gasteiger partial charge in [-0.3, -0.25) is 0 Å². The normalized spacial score (nSPS) is 12.6. The second-order valence-electron chi connectivity index (χ2n) is 14.3. The number of hydrogen-bond donors (Lipinski definition) is 0. The van der Waals surface area contributed by atoms with Gasteiger partial charge in [0.15, 0.2) is 17.5 Å². The molecule has 1 aliphatic carbocycles. The lowest BCUT2D eigenvalue weighted by Gasteiger charge is -2.16. The fourth-order valence-corrected chi connectivity index (χ4v) is 8.39. The molecular formula is C51H34N4O. The minimum atomic E-state index is 0.635. The highest BCUT2D eigenvalue weighted by Gasteiger charge is 2.21. The van der Waals surface area contributed by atoms with E-state index < -0.39 is 0 Å². The molecule has 0 N–H and O–H groups in total. The van der Waals surface area contributed by atoms with E-state index >= 15 is 0 Å². The molecule has 11 rings (SSSR count). The highest BCUT2D eigenvalue weighted by atomic mass is 16.3. The molecule has 0 saturated heterocycles. The molecule has 264 valence electrons. The van der Waals surface area contributed by atoms with Gasteiger partial charge in [-0.2, -0.15) is 0 Å². The van der Waals surface area contributed by atoms with E-state index in [4.69, 9.17) is 19.4 Å². The molecule has 5 nitrogen and oxygen atoms in total. The summed E-state index contributed by atoms with van der Waals surface area (Å²) in [4.78, 5) is 14.9. The van der Waals surface area contributed by atoms with Crippen molar-refractivity contribution in [2.24, 2.45) is 0 Å². The monoisotopic (exact) mass is 718 g/mol. The second-order valence-corrected chi connectivity index (χ2v) is 14.3. The largest absolute Gasteiger partial charge is 0.456 e. The van der Waals surface area contributed by atoms with Crippen molar-refractivity contribution in [1.29, 1.82) is 0 Å². The molecule has 1 aliphatic rings. The van der Waals surface area contributed by atoms with Crippen LogP contribution in [0.3, 0.4) is 0 Å². The minimum Gasteiger partial charge on any atom is -0.456 e. The summed E-state index contributed by atoms with van der Waals surface area (Å²) in [6.07, 6.45) is 4.12. The van der Waals surface area contributed by atoms with Crippen LogP contribution in [0.5, 0.6) is 0 Å². The summed E-state index contributed by atoms with van der Waals surface area (Å²) in [5.41, 5.74) is 13.0. The van der Waals surface area contributed by atoms with Crippen LogP contribution in [0.4, 0.5) is 0 Å². The first-order valence-electron chi connectivity index (χ1n) is 19.1. The fourth-order valence-electron chi connectivity index (χ4n) is 8.39. The van der Waals surface area contributed by atoms with Crippen molar-refractivity contribution < 1.29 is 4.42 Å². The molecule has 0 fully saturated rings. The summed E-state index contributed by atoms with van der Waals surface area (Å²) in [7, 11) is 0. The zero-order valence-electron chi connectivity index (χ0n) is 30.4. The Kier molecular flexibility index (Phi) is 7.56. The Bertz CT molecular complexity index is 3190. The lowest BCUT2D eigenvalue weighted by molar-refractivity contribution is 0.571. The van der Waals surface area contributed by atoms with Crippen LogP contribution in [0.2, 0.25) is 0 Å². The molecule has 0 radical (unpaired) electrons. The summed E-state index contributed by atoms with van der Waals surface area (Å²) in [6, 6.07) is 61.5. The van der Waals surface area contributed by atoms with Crippen molar-refractivity contribution in [2.75, 3.05) is 0 Å². The Labute approximate surface area is 323 Å². The van der Waals surface area contributed by atoms with Crippen LogP contribution < -0.4 is 10.6 Å². The Balaban J connectivity index is 1.08. The van der Waals surface area contributed by atoms with Crippen LogP contribution in [-0.2, 0) is 0 Å². The molecule has 56 heavy (non-hydrogen) atoms. The maximum atomic E-state index is 6.40. The van der Waals surface area contributed by atoms with Crippen molar-refractivity contribution in [2.45, 2.75) is 12.8 Å². The average molecular weight is 719 g/mol. The number of benzene rings is 7. The Hall–Kier alpha value is -7.37. The Morgan fingerprint density at radius 2 is 1.04 bits per heavy atom. The molecule has 5 heteroatoms. The number of nitrogens with zero attached hydrogens (tertiary/aromatic N) is 4. The Morgan fingerprint density at radius 1 is 0.464 bits per heavy atom. The molecule has 7 aromatic carbocycles. The molecule has 0 saturated carbocycles. The number of fused-ring (bicyclic) bond motifs is 6. The number of hydrogen-bond acceptors (Lipinski definition) is 4. The van der Waals surface area contributed by atoms with E-state index in [0.717, 1.165) is 57.3 Å². The van der Waals surface area contributed by atoms with Gasteiger partial charge in [-0.1, -0.05) is 146 Å². The van der Waals surface area contributed by atoms with Crippen molar-refractivity contribution in [1.82, 2.24) is 19.5 Å². The quantitative estimate of drug-likeness (QED) is 0.172. The van der Waals surface area contributed by atoms with Gasteiger partial charge >= 0.3 is 0 Å². The summed E-state index contributed by atoms with van der Waals surface area (Å²) >= 11 is 0. The minimum absolute atomic E-state index is 0.635. The lowest BCUT2D eigenvalue weighted by atomic mass is 9.93. The van der Waals surface area contributed by atoms with Gasteiger partial charge < -0.3 is 8.98 Å². The third-order valence-electron chi connectivity index (χ3n) is 10.9. The second kappa shape index (κ2) is 13.2. The van der Waals surface area contributed by atoms with E-state index in [1.165, 1.54) is 43.5 Å². The number of furan rings is 1. The average Bonchev–Trinajstić information content (AvgIpc) is 3.83. The van der Waals surface area contributed by atoms with Crippen LogP contribution in [-0.4, -0.2) is 19.5 Å². The fraction of sp³-hybridized carbons (Fsp3) is 0.0392. The van der Waals surface area contributed by atoms with Crippen molar-refractivity contribution in [3.05, 3.63) is 192 Å². The van der Waals surface area contributed by atoms with Gasteiger partial charge in [-0.15, -0.1) is 0 Å². The number of rotatable bonds is 6. The molecule has 3 aromatic heterocycles. The zero-order valence-corrected chi connectivity index (χ0v) is 30.4. The van der Waals surface area contributed by atoms with E-state index in [0.29, 0.717) is 17.5 Å². The molecular weight excluding hydrogens is 685 g/mol. The lowest BCUT2D eigenvalue weighted by Crippen LogP contribution is -2.26. The first-order valence-corrected chi connectivity index (χ1v) is 19.1. The maximum absolute atomic E-state index is 6.40. The van der Waals surface area contributed by atoms with Gasteiger partial charge in [0.25, 0.3) is 0 Å². The highest BCUT2D eigenvalue weighted by Crippen LogP contribution is 2.38. The predicted octanol–water partition coefficient (Wildman–Crippen LogP) is 11.2. The van der Waals surface area contributed by atoms with Crippen molar-refractivity contribution in [3.63, 3.8) is 0 Å². The van der Waals surface area contributed by atoms with Crippen LogP contribution in [0, 0.1) is 0 Å². The molecule has 3 heterocycles. The van der Waals surface area contributed by atoms with E-state index in [1.54, 1.807) is 0 Å². The summed E-state index contributed by atoms with van der Waals surface area (Å²) in [5, 5.41) is 4.85. The number of aromatic nitrogens is 4. The topological polar surface area (TPSA) is 56.7 Å². The summed E-state index contributed by atoms with van der Waals surface area (Å²) in [5.74, 6) is 1.93. The molecule has 0 bridgehead atoms. The summed E-state index contributed by atoms with van der Waals surface area (Å²) in [6.45, 7) is 0. The molecule has 0 spiro atoms. The smallest absolute Gasteiger partial charge is 0.164 e. The van der Waals surface area contributed by atoms with Gasteiger partial charge in [0.05, 0.1) is 11.0 Å². The predicted molar refractivity (Wildman–Crippen MR) is 228 cm³/mol. The molecule has 0 aliphatic heterocycles. The maximum Gasteiger partial charge on any atom is 0.164 e. The number of para-hydroxylation sites is 3. The molecule has 0 atom stereocenters. The van der Waals surface area contributed by atoms with E-state index in [1.807, 2.05) is 66.7 Å². The van der Waals surface area contributed by atoms with Crippen LogP contribution >= 0.6 is 0 Å². The molecule has 0 unspecified atom stereocenters. The van der Waals surface area contributed by atoms with Crippen molar-refractivity contribution in [3.8, 4) is 51.0 Å². The zero-order chi connectivity index (χ0) is 37.0. The van der Waals surface area contributed by atoms with Gasteiger partial charge in [-0.05, 0) is 65.9 Å². The SMILES string of the molecule is C1=c2oc3ccccc3c2=C(c2cccc3c4ccccc4n(-c4cccc(-c5cccc(-c6nc(-c7ccccc7)nc(-c7ccccc7)n6)c5)c4)c23)CC1. The first-order chi connectivity index (χ1) is 27.8. The third-order valence-corrected chi connectivity index (χ3v) is 10.9. The van der Waals surface area contributed by atoms with Gasteiger partial charge in [0, 0.05) is 49.3 Å². The third kappa shape index (κ3) is 5.36. The van der Waals surface area contributed by atoms with E-state index in [-0.39, 0.29) is 0 Å². The summed E-state index contributed by atoms with van der Waals surface area (Å²) < 4.78 is 8.85. The van der Waals surface area contributed by atoms with Crippen molar-refractivity contribution >= 4 is 44.4 Å². The van der Waals surface area contributed by atoms with Gasteiger partial charge in [-0.25, -0.2) is 15.0 Å². The Morgan fingerprint density at radius 3 is 1.80 bits per heavy atom. The van der Waals surface area contributed by atoms with Gasteiger partial charge in [0.1, 0.15) is 11.0 Å². The van der Waals surface area contributed by atoms with Crippen LogP contribution in [0.15, 0.2) is 180 Å². The van der Waals surface area contributed by atoms with Crippen LogP contribution in [0.1, 0.15) is 18.4 Å². The van der Waals surface area contributed by atoms with Gasteiger partial charge in [0.2, 0.25) is 0 Å².